The van der Waals surface area contributed by atoms with Gasteiger partial charge in [0, 0.05) is 6.61 Å². The zero-order chi connectivity index (χ0) is 7.98. The highest BCUT2D eigenvalue weighted by atomic mass is 16.6. The van der Waals surface area contributed by atoms with E-state index in [1.54, 1.807) is 6.92 Å². The van der Waals surface area contributed by atoms with Crippen LogP contribution in [0.15, 0.2) is 0 Å². The Morgan fingerprint density at radius 2 is 2.00 bits per heavy atom. The van der Waals surface area contributed by atoms with Crippen molar-refractivity contribution < 1.29 is 9.84 Å². The smallest absolute Gasteiger partial charge is 0.151 e. The molecule has 0 aromatic heterocycles. The molecule has 0 spiro atoms. The van der Waals surface area contributed by atoms with Crippen LogP contribution in [0.25, 0.3) is 0 Å². The average Bonchev–Trinajstić information content (AvgIpc) is 1.87. The highest BCUT2D eigenvalue weighted by Gasteiger charge is 1.99. The van der Waals surface area contributed by atoms with Crippen LogP contribution < -0.4 is 0 Å². The summed E-state index contributed by atoms with van der Waals surface area (Å²) >= 11 is 0. The first-order valence-corrected chi connectivity index (χ1v) is 3.96. The molecule has 2 atom stereocenters. The fraction of sp³-hybridized carbons (Fsp3) is 1.00. The number of rotatable bonds is 5. The van der Waals surface area contributed by atoms with Crippen LogP contribution in [0.3, 0.4) is 0 Å². The Balaban J connectivity index is 3.03. The van der Waals surface area contributed by atoms with Gasteiger partial charge < -0.3 is 9.84 Å². The van der Waals surface area contributed by atoms with E-state index in [1.165, 1.54) is 6.42 Å². The van der Waals surface area contributed by atoms with Gasteiger partial charge in [-0.15, -0.1) is 0 Å². The zero-order valence-electron chi connectivity index (χ0n) is 7.13. The molecule has 0 saturated carbocycles. The lowest BCUT2D eigenvalue weighted by molar-refractivity contribution is -0.0879. The van der Waals surface area contributed by atoms with Crippen LogP contribution in [0.1, 0.15) is 33.6 Å². The Morgan fingerprint density at radius 3 is 2.40 bits per heavy atom. The molecule has 1 N–H and O–H groups in total. The summed E-state index contributed by atoms with van der Waals surface area (Å²) in [5.41, 5.74) is 0. The van der Waals surface area contributed by atoms with Gasteiger partial charge in [-0.05, 0) is 19.3 Å². The standard InChI is InChI=1S/C8H18O2/c1-4-7(2)5-6-10-8(3)9/h7-9H,4-6H2,1-3H3. The number of hydrogen-bond donors (Lipinski definition) is 1. The van der Waals surface area contributed by atoms with E-state index < -0.39 is 6.29 Å². The molecule has 0 aliphatic heterocycles. The molecule has 2 unspecified atom stereocenters. The molecule has 0 fully saturated rings. The molecule has 10 heavy (non-hydrogen) atoms. The molecule has 0 aliphatic rings. The lowest BCUT2D eigenvalue weighted by Crippen LogP contribution is -2.09. The van der Waals surface area contributed by atoms with Crippen molar-refractivity contribution in [2.75, 3.05) is 6.61 Å². The van der Waals surface area contributed by atoms with Gasteiger partial charge in [-0.25, -0.2) is 0 Å². The second kappa shape index (κ2) is 5.69. The average molecular weight is 146 g/mol. The van der Waals surface area contributed by atoms with E-state index in [-0.39, 0.29) is 0 Å². The Morgan fingerprint density at radius 1 is 1.40 bits per heavy atom. The van der Waals surface area contributed by atoms with Crippen LogP contribution in [0.5, 0.6) is 0 Å². The summed E-state index contributed by atoms with van der Waals surface area (Å²) in [5, 5.41) is 8.72. The molecule has 0 aromatic rings. The minimum Gasteiger partial charge on any atom is -0.368 e. The summed E-state index contributed by atoms with van der Waals surface area (Å²) in [6.07, 6.45) is 1.62. The molecule has 0 radical (unpaired) electrons. The maximum Gasteiger partial charge on any atom is 0.151 e. The van der Waals surface area contributed by atoms with Crippen molar-refractivity contribution in [3.05, 3.63) is 0 Å². The molecule has 0 amide bonds. The van der Waals surface area contributed by atoms with Crippen LogP contribution in [-0.2, 0) is 4.74 Å². The quantitative estimate of drug-likeness (QED) is 0.599. The van der Waals surface area contributed by atoms with Crippen molar-refractivity contribution in [2.45, 2.75) is 39.9 Å². The first-order valence-electron chi connectivity index (χ1n) is 3.96. The van der Waals surface area contributed by atoms with Gasteiger partial charge in [0.15, 0.2) is 6.29 Å². The second-order valence-corrected chi connectivity index (χ2v) is 2.77. The van der Waals surface area contributed by atoms with E-state index in [1.807, 2.05) is 0 Å². The van der Waals surface area contributed by atoms with Gasteiger partial charge in [0.2, 0.25) is 0 Å². The molecule has 0 saturated heterocycles. The van der Waals surface area contributed by atoms with Crippen molar-refractivity contribution >= 4 is 0 Å². The Hall–Kier alpha value is -0.0800. The van der Waals surface area contributed by atoms with E-state index in [2.05, 4.69) is 13.8 Å². The van der Waals surface area contributed by atoms with E-state index in [4.69, 9.17) is 9.84 Å². The maximum absolute atomic E-state index is 8.72. The van der Waals surface area contributed by atoms with E-state index in [0.717, 1.165) is 6.42 Å². The molecule has 2 heteroatoms. The van der Waals surface area contributed by atoms with Crippen molar-refractivity contribution in [3.63, 3.8) is 0 Å². The first kappa shape index (κ1) is 9.92. The van der Waals surface area contributed by atoms with Crippen molar-refractivity contribution in [3.8, 4) is 0 Å². The first-order chi connectivity index (χ1) is 4.66. The summed E-state index contributed by atoms with van der Waals surface area (Å²) in [5.74, 6) is 0.707. The highest BCUT2D eigenvalue weighted by Crippen LogP contribution is 2.06. The lowest BCUT2D eigenvalue weighted by Gasteiger charge is -2.09. The minimum atomic E-state index is -0.607. The van der Waals surface area contributed by atoms with Crippen molar-refractivity contribution in [1.29, 1.82) is 0 Å². The lowest BCUT2D eigenvalue weighted by atomic mass is 10.1. The van der Waals surface area contributed by atoms with Crippen LogP contribution in [0, 0.1) is 5.92 Å². The van der Waals surface area contributed by atoms with Crippen LogP contribution >= 0.6 is 0 Å². The van der Waals surface area contributed by atoms with E-state index in [9.17, 15) is 0 Å². The summed E-state index contributed by atoms with van der Waals surface area (Å²) in [6, 6.07) is 0. The molecular weight excluding hydrogens is 128 g/mol. The molecule has 0 aliphatic carbocycles. The third kappa shape index (κ3) is 6.05. The topological polar surface area (TPSA) is 29.5 Å². The van der Waals surface area contributed by atoms with Gasteiger partial charge in [0.25, 0.3) is 0 Å². The summed E-state index contributed by atoms with van der Waals surface area (Å²) < 4.78 is 4.97. The molecule has 0 bridgehead atoms. The van der Waals surface area contributed by atoms with Crippen molar-refractivity contribution in [2.24, 2.45) is 5.92 Å². The number of hydrogen-bond acceptors (Lipinski definition) is 2. The Kier molecular flexibility index (Phi) is 5.64. The molecule has 0 aromatic carbocycles. The summed E-state index contributed by atoms with van der Waals surface area (Å²) in [7, 11) is 0. The Bertz CT molecular complexity index is 71.7. The SMILES string of the molecule is CCC(C)CCOC(C)O. The fourth-order valence-electron chi connectivity index (χ4n) is 0.644. The maximum atomic E-state index is 8.72. The van der Waals surface area contributed by atoms with E-state index >= 15 is 0 Å². The molecule has 62 valence electrons. The summed E-state index contributed by atoms with van der Waals surface area (Å²) in [4.78, 5) is 0. The van der Waals surface area contributed by atoms with Crippen LogP contribution in [-0.4, -0.2) is 18.0 Å². The summed E-state index contributed by atoms with van der Waals surface area (Å²) in [6.45, 7) is 6.65. The fourth-order valence-corrected chi connectivity index (χ4v) is 0.644. The second-order valence-electron chi connectivity index (χ2n) is 2.77. The van der Waals surface area contributed by atoms with Gasteiger partial charge in [-0.2, -0.15) is 0 Å². The molecule has 0 rings (SSSR count). The molecule has 2 nitrogen and oxygen atoms in total. The zero-order valence-corrected chi connectivity index (χ0v) is 7.13. The monoisotopic (exact) mass is 146 g/mol. The number of ether oxygens (including phenoxy) is 1. The van der Waals surface area contributed by atoms with Crippen LogP contribution in [0.2, 0.25) is 0 Å². The van der Waals surface area contributed by atoms with Crippen molar-refractivity contribution in [1.82, 2.24) is 0 Å². The molecule has 0 heterocycles. The van der Waals surface area contributed by atoms with Gasteiger partial charge >= 0.3 is 0 Å². The third-order valence-electron chi connectivity index (χ3n) is 1.67. The van der Waals surface area contributed by atoms with Gasteiger partial charge in [0.05, 0.1) is 0 Å². The van der Waals surface area contributed by atoms with Gasteiger partial charge in [-0.3, -0.25) is 0 Å². The van der Waals surface area contributed by atoms with Crippen LogP contribution in [0.4, 0.5) is 0 Å². The van der Waals surface area contributed by atoms with Gasteiger partial charge in [0.1, 0.15) is 0 Å². The minimum absolute atomic E-state index is 0.607. The predicted molar refractivity (Wildman–Crippen MR) is 41.7 cm³/mol. The third-order valence-corrected chi connectivity index (χ3v) is 1.67. The number of aliphatic hydroxyl groups is 1. The number of aliphatic hydroxyl groups excluding tert-OH is 1. The highest BCUT2D eigenvalue weighted by molar-refractivity contribution is 4.47. The normalized spacial score (nSPS) is 16.8. The molecular formula is C8H18O2. The van der Waals surface area contributed by atoms with Gasteiger partial charge in [-0.1, -0.05) is 20.3 Å². The van der Waals surface area contributed by atoms with E-state index in [0.29, 0.717) is 12.5 Å². The largest absolute Gasteiger partial charge is 0.368 e. The Labute approximate surface area is 63.2 Å². The predicted octanol–water partition coefficient (Wildman–Crippen LogP) is 1.78.